The van der Waals surface area contributed by atoms with Gasteiger partial charge >= 0.3 is 5.69 Å². The third-order valence-electron chi connectivity index (χ3n) is 2.78. The molecule has 0 bridgehead atoms. The summed E-state index contributed by atoms with van der Waals surface area (Å²) in [5.74, 6) is -0.0984. The van der Waals surface area contributed by atoms with Gasteiger partial charge in [-0.1, -0.05) is 0 Å². The smallest absolute Gasteiger partial charge is 0.305 e. The summed E-state index contributed by atoms with van der Waals surface area (Å²) in [6, 6.07) is 6.81. The molecule has 0 spiro atoms. The fraction of sp³-hybridized carbons (Fsp3) is 0. The number of benzene rings is 1. The SMILES string of the molecule is O=[N+]([O-])c1cc(-c2ccc(/C=N\n3cnnc3)o2)ccc1F. The van der Waals surface area contributed by atoms with E-state index in [1.165, 1.54) is 29.6 Å². The van der Waals surface area contributed by atoms with E-state index in [0.717, 1.165) is 12.1 Å². The van der Waals surface area contributed by atoms with Crippen LogP contribution in [0.2, 0.25) is 0 Å². The molecular weight excluding hydrogens is 293 g/mol. The molecule has 0 aliphatic rings. The van der Waals surface area contributed by atoms with Crippen LogP contribution in [0.4, 0.5) is 10.1 Å². The second-order valence-electron chi connectivity index (χ2n) is 4.21. The van der Waals surface area contributed by atoms with E-state index in [9.17, 15) is 14.5 Å². The van der Waals surface area contributed by atoms with Gasteiger partial charge < -0.3 is 4.42 Å². The number of furan rings is 1. The lowest BCUT2D eigenvalue weighted by atomic mass is 10.1. The molecule has 3 aromatic rings. The zero-order valence-electron chi connectivity index (χ0n) is 11.0. The highest BCUT2D eigenvalue weighted by Crippen LogP contribution is 2.27. The van der Waals surface area contributed by atoms with Gasteiger partial charge in [-0.05, 0) is 24.3 Å². The predicted octanol–water partition coefficient (Wildman–Crippen LogP) is 2.47. The summed E-state index contributed by atoms with van der Waals surface area (Å²) in [7, 11) is 0. The van der Waals surface area contributed by atoms with Gasteiger partial charge in [-0.25, -0.2) is 4.68 Å². The Morgan fingerprint density at radius 2 is 2.05 bits per heavy atom. The number of rotatable bonds is 4. The Kier molecular flexibility index (Phi) is 3.44. The lowest BCUT2D eigenvalue weighted by Gasteiger charge is -1.98. The molecule has 1 aromatic carbocycles. The average Bonchev–Trinajstić information content (AvgIpc) is 3.17. The predicted molar refractivity (Wildman–Crippen MR) is 73.8 cm³/mol. The molecule has 2 aromatic heterocycles. The first-order valence-corrected chi connectivity index (χ1v) is 6.06. The maximum atomic E-state index is 13.3. The van der Waals surface area contributed by atoms with Crippen molar-refractivity contribution in [2.24, 2.45) is 5.10 Å². The molecule has 0 unspecified atom stereocenters. The Labute approximate surface area is 122 Å². The van der Waals surface area contributed by atoms with Crippen LogP contribution >= 0.6 is 0 Å². The topological polar surface area (TPSA) is 99.3 Å². The van der Waals surface area contributed by atoms with Gasteiger partial charge in [0.1, 0.15) is 24.2 Å². The minimum Gasteiger partial charge on any atom is -0.455 e. The first kappa shape index (κ1) is 13.6. The highest BCUT2D eigenvalue weighted by atomic mass is 19.1. The third kappa shape index (κ3) is 2.73. The fourth-order valence-corrected chi connectivity index (χ4v) is 1.76. The molecule has 0 radical (unpaired) electrons. The molecule has 8 nitrogen and oxygen atoms in total. The maximum Gasteiger partial charge on any atom is 0.305 e. The molecule has 0 saturated carbocycles. The van der Waals surface area contributed by atoms with Crippen LogP contribution in [0, 0.1) is 15.9 Å². The molecule has 110 valence electrons. The first-order chi connectivity index (χ1) is 10.6. The summed E-state index contributed by atoms with van der Waals surface area (Å²) in [5, 5.41) is 21.9. The molecule has 9 heteroatoms. The van der Waals surface area contributed by atoms with Crippen LogP contribution in [-0.4, -0.2) is 26.0 Å². The highest BCUT2D eigenvalue weighted by Gasteiger charge is 2.16. The van der Waals surface area contributed by atoms with E-state index in [4.69, 9.17) is 4.42 Å². The van der Waals surface area contributed by atoms with E-state index in [2.05, 4.69) is 15.3 Å². The minimum absolute atomic E-state index is 0.369. The Balaban J connectivity index is 1.87. The summed E-state index contributed by atoms with van der Waals surface area (Å²) in [6.45, 7) is 0. The summed E-state index contributed by atoms with van der Waals surface area (Å²) in [6.07, 6.45) is 4.25. The van der Waals surface area contributed by atoms with Crippen molar-refractivity contribution in [2.75, 3.05) is 0 Å². The molecule has 0 aliphatic carbocycles. The third-order valence-corrected chi connectivity index (χ3v) is 2.78. The van der Waals surface area contributed by atoms with Crippen molar-refractivity contribution in [3.05, 3.63) is 64.7 Å². The Bertz CT molecular complexity index is 841. The second kappa shape index (κ2) is 5.56. The van der Waals surface area contributed by atoms with Gasteiger partial charge in [0.2, 0.25) is 5.82 Å². The number of halogens is 1. The fourth-order valence-electron chi connectivity index (χ4n) is 1.76. The molecule has 0 atom stereocenters. The van der Waals surface area contributed by atoms with Crippen molar-refractivity contribution >= 4 is 11.9 Å². The van der Waals surface area contributed by atoms with E-state index in [1.807, 2.05) is 0 Å². The summed E-state index contributed by atoms with van der Waals surface area (Å²) in [4.78, 5) is 9.96. The summed E-state index contributed by atoms with van der Waals surface area (Å²) in [5.41, 5.74) is -0.203. The van der Waals surface area contributed by atoms with Crippen molar-refractivity contribution in [3.8, 4) is 11.3 Å². The van der Waals surface area contributed by atoms with Crippen LogP contribution in [-0.2, 0) is 0 Å². The monoisotopic (exact) mass is 301 g/mol. The second-order valence-corrected chi connectivity index (χ2v) is 4.21. The first-order valence-electron chi connectivity index (χ1n) is 6.06. The molecular formula is C13H8FN5O3. The van der Waals surface area contributed by atoms with Gasteiger partial charge in [0.15, 0.2) is 0 Å². The number of nitro benzene ring substituents is 1. The number of aromatic nitrogens is 3. The van der Waals surface area contributed by atoms with Crippen molar-refractivity contribution in [2.45, 2.75) is 0 Å². The maximum absolute atomic E-state index is 13.3. The largest absolute Gasteiger partial charge is 0.455 e. The highest BCUT2D eigenvalue weighted by molar-refractivity contribution is 5.77. The van der Waals surface area contributed by atoms with Crippen LogP contribution in [0.1, 0.15) is 5.76 Å². The van der Waals surface area contributed by atoms with Gasteiger partial charge in [0.05, 0.1) is 11.1 Å². The van der Waals surface area contributed by atoms with Crippen molar-refractivity contribution in [3.63, 3.8) is 0 Å². The van der Waals surface area contributed by atoms with Crippen LogP contribution in [0.3, 0.4) is 0 Å². The Hall–Kier alpha value is -3.36. The van der Waals surface area contributed by atoms with E-state index in [0.29, 0.717) is 17.1 Å². The lowest BCUT2D eigenvalue weighted by molar-refractivity contribution is -0.387. The Morgan fingerprint density at radius 3 is 2.77 bits per heavy atom. The van der Waals surface area contributed by atoms with Crippen molar-refractivity contribution < 1.29 is 13.7 Å². The van der Waals surface area contributed by atoms with E-state index < -0.39 is 16.4 Å². The number of hydrogen-bond acceptors (Lipinski definition) is 6. The molecule has 0 amide bonds. The summed E-state index contributed by atoms with van der Waals surface area (Å²) >= 11 is 0. The van der Waals surface area contributed by atoms with E-state index in [1.54, 1.807) is 12.1 Å². The lowest BCUT2D eigenvalue weighted by Crippen LogP contribution is -1.92. The standard InChI is InChI=1S/C13H8FN5O3/c14-11-3-1-9(5-12(11)19(20)21)13-4-2-10(22-13)6-17-18-7-15-16-8-18/h1-8H/b17-6-. The van der Waals surface area contributed by atoms with E-state index >= 15 is 0 Å². The van der Waals surface area contributed by atoms with Gasteiger partial charge in [0, 0.05) is 11.6 Å². The van der Waals surface area contributed by atoms with Crippen LogP contribution in [0.25, 0.3) is 11.3 Å². The van der Waals surface area contributed by atoms with Crippen molar-refractivity contribution in [1.82, 2.24) is 14.9 Å². The molecule has 2 heterocycles. The minimum atomic E-state index is -0.894. The van der Waals surface area contributed by atoms with Gasteiger partial charge in [0.25, 0.3) is 0 Å². The van der Waals surface area contributed by atoms with Crippen LogP contribution in [0.5, 0.6) is 0 Å². The normalized spacial score (nSPS) is 11.1. The average molecular weight is 301 g/mol. The van der Waals surface area contributed by atoms with Gasteiger partial charge in [-0.3, -0.25) is 10.1 Å². The zero-order valence-corrected chi connectivity index (χ0v) is 11.0. The quantitative estimate of drug-likeness (QED) is 0.418. The zero-order chi connectivity index (χ0) is 15.5. The Morgan fingerprint density at radius 1 is 1.27 bits per heavy atom. The van der Waals surface area contributed by atoms with Crippen LogP contribution in [0.15, 0.2) is 52.5 Å². The van der Waals surface area contributed by atoms with Gasteiger partial charge in [-0.15, -0.1) is 10.2 Å². The molecule has 0 saturated heterocycles. The molecule has 0 fully saturated rings. The number of nitrogens with zero attached hydrogens (tertiary/aromatic N) is 5. The molecule has 0 N–H and O–H groups in total. The van der Waals surface area contributed by atoms with Crippen molar-refractivity contribution in [1.29, 1.82) is 0 Å². The number of hydrogen-bond donors (Lipinski definition) is 0. The molecule has 3 rings (SSSR count). The van der Waals surface area contributed by atoms with E-state index in [-0.39, 0.29) is 0 Å². The number of nitro groups is 1. The van der Waals surface area contributed by atoms with Crippen LogP contribution < -0.4 is 0 Å². The summed E-state index contributed by atoms with van der Waals surface area (Å²) < 4.78 is 20.2. The molecule has 0 aliphatic heterocycles. The molecule has 22 heavy (non-hydrogen) atoms. The van der Waals surface area contributed by atoms with Gasteiger partial charge in [-0.2, -0.15) is 9.49 Å².